The van der Waals surface area contributed by atoms with Crippen molar-refractivity contribution < 1.29 is 4.79 Å². The summed E-state index contributed by atoms with van der Waals surface area (Å²) in [5.41, 5.74) is 0.613. The number of aromatic amines is 1. The van der Waals surface area contributed by atoms with Crippen LogP contribution in [0.25, 0.3) is 5.69 Å². The fourth-order valence-corrected chi connectivity index (χ4v) is 2.13. The summed E-state index contributed by atoms with van der Waals surface area (Å²) >= 11 is 1.29. The van der Waals surface area contributed by atoms with E-state index in [0.717, 1.165) is 0 Å². The molecule has 0 aliphatic heterocycles. The van der Waals surface area contributed by atoms with Crippen LogP contribution in [0.4, 0.5) is 5.95 Å². The molecule has 0 aromatic carbocycles. The molecule has 0 fully saturated rings. The first-order valence-electron chi connectivity index (χ1n) is 4.82. The van der Waals surface area contributed by atoms with Crippen molar-refractivity contribution in [3.8, 4) is 5.69 Å². The number of thiophene rings is 1. The first-order valence-corrected chi connectivity index (χ1v) is 5.70. The molecule has 18 heavy (non-hydrogen) atoms. The molecule has 10 heteroatoms. The second-order valence-electron chi connectivity index (χ2n) is 3.18. The van der Waals surface area contributed by atoms with Crippen molar-refractivity contribution in [1.82, 2.24) is 35.4 Å². The van der Waals surface area contributed by atoms with Crippen LogP contribution in [-0.4, -0.2) is 41.3 Å². The second kappa shape index (κ2) is 4.33. The maximum Gasteiger partial charge on any atom is 0.270 e. The number of rotatable bonds is 3. The van der Waals surface area contributed by atoms with Crippen molar-refractivity contribution in [3.63, 3.8) is 0 Å². The number of anilines is 1. The van der Waals surface area contributed by atoms with Gasteiger partial charge in [0.05, 0.1) is 5.69 Å². The summed E-state index contributed by atoms with van der Waals surface area (Å²) in [6, 6.07) is 1.76. The van der Waals surface area contributed by atoms with Gasteiger partial charge in [0.2, 0.25) is 5.95 Å². The topological polar surface area (TPSA) is 114 Å². The number of H-pyrrole nitrogens is 1. The van der Waals surface area contributed by atoms with Crippen LogP contribution in [0.15, 0.2) is 24.1 Å². The van der Waals surface area contributed by atoms with E-state index in [0.29, 0.717) is 10.6 Å². The van der Waals surface area contributed by atoms with Gasteiger partial charge in [0.25, 0.3) is 5.91 Å². The average Bonchev–Trinajstić information content (AvgIpc) is 3.11. The molecular formula is C8H6N8OS. The number of hydrogen-bond acceptors (Lipinski definition) is 7. The van der Waals surface area contributed by atoms with E-state index in [9.17, 15) is 4.79 Å². The monoisotopic (exact) mass is 262 g/mol. The number of carbonyl (C=O) groups is 1. The number of nitrogens with one attached hydrogen (secondary N) is 2. The molecule has 0 radical (unpaired) electrons. The van der Waals surface area contributed by atoms with Gasteiger partial charge in [-0.1, -0.05) is 0 Å². The van der Waals surface area contributed by atoms with Gasteiger partial charge in [-0.25, -0.2) is 5.10 Å². The highest BCUT2D eigenvalue weighted by Crippen LogP contribution is 2.20. The van der Waals surface area contributed by atoms with Crippen LogP contribution in [0.2, 0.25) is 0 Å². The summed E-state index contributed by atoms with van der Waals surface area (Å²) in [6.45, 7) is 0. The lowest BCUT2D eigenvalue weighted by Gasteiger charge is -2.02. The van der Waals surface area contributed by atoms with Crippen molar-refractivity contribution in [2.24, 2.45) is 0 Å². The van der Waals surface area contributed by atoms with Gasteiger partial charge in [-0.3, -0.25) is 10.1 Å². The minimum Gasteiger partial charge on any atom is -0.290 e. The van der Waals surface area contributed by atoms with Gasteiger partial charge in [0, 0.05) is 0 Å². The highest BCUT2D eigenvalue weighted by molar-refractivity contribution is 7.12. The van der Waals surface area contributed by atoms with Crippen LogP contribution >= 0.6 is 11.3 Å². The number of nitrogens with zero attached hydrogens (tertiary/aromatic N) is 6. The Balaban J connectivity index is 1.89. The molecule has 0 spiro atoms. The number of aromatic nitrogens is 7. The first kappa shape index (κ1) is 10.5. The van der Waals surface area contributed by atoms with Crippen molar-refractivity contribution >= 4 is 23.2 Å². The van der Waals surface area contributed by atoms with Crippen molar-refractivity contribution in [1.29, 1.82) is 0 Å². The Morgan fingerprint density at radius 3 is 3.17 bits per heavy atom. The maximum atomic E-state index is 12.0. The quantitative estimate of drug-likeness (QED) is 0.691. The van der Waals surface area contributed by atoms with Gasteiger partial charge in [-0.05, 0) is 21.9 Å². The summed E-state index contributed by atoms with van der Waals surface area (Å²) in [5, 5.41) is 21.4. The molecule has 3 aromatic heterocycles. The molecule has 3 heterocycles. The van der Waals surface area contributed by atoms with Gasteiger partial charge >= 0.3 is 0 Å². The molecule has 0 saturated carbocycles. The third-order valence-corrected chi connectivity index (χ3v) is 3.00. The van der Waals surface area contributed by atoms with Crippen molar-refractivity contribution in [3.05, 3.63) is 29.0 Å². The molecule has 1 amide bonds. The van der Waals surface area contributed by atoms with Gasteiger partial charge in [-0.2, -0.15) is 14.8 Å². The van der Waals surface area contributed by atoms with Crippen LogP contribution in [0.1, 0.15) is 9.67 Å². The zero-order valence-corrected chi connectivity index (χ0v) is 9.63. The fourth-order valence-electron chi connectivity index (χ4n) is 1.35. The molecule has 0 unspecified atom stereocenters. The smallest absolute Gasteiger partial charge is 0.270 e. The lowest BCUT2D eigenvalue weighted by Crippen LogP contribution is -2.14. The Kier molecular flexibility index (Phi) is 2.53. The van der Waals surface area contributed by atoms with Crippen LogP contribution < -0.4 is 5.32 Å². The third kappa shape index (κ3) is 1.84. The van der Waals surface area contributed by atoms with Crippen LogP contribution in [0, 0.1) is 0 Å². The predicted octanol–water partition coefficient (Wildman–Crippen LogP) is 0.0942. The minimum atomic E-state index is -0.299. The van der Waals surface area contributed by atoms with E-state index < -0.39 is 0 Å². The minimum absolute atomic E-state index is 0.288. The Morgan fingerprint density at radius 2 is 2.44 bits per heavy atom. The Hall–Kier alpha value is -2.62. The van der Waals surface area contributed by atoms with E-state index in [-0.39, 0.29) is 11.9 Å². The molecule has 0 atom stereocenters. The second-order valence-corrected chi connectivity index (χ2v) is 4.09. The number of tetrazole rings is 1. The Morgan fingerprint density at radius 1 is 1.50 bits per heavy atom. The highest BCUT2D eigenvalue weighted by atomic mass is 32.1. The first-order chi connectivity index (χ1) is 8.84. The lowest BCUT2D eigenvalue weighted by atomic mass is 10.4. The fraction of sp³-hybridized carbons (Fsp3) is 0. The molecule has 9 nitrogen and oxygen atoms in total. The summed E-state index contributed by atoms with van der Waals surface area (Å²) in [5.74, 6) is -0.0108. The van der Waals surface area contributed by atoms with Crippen LogP contribution in [0.5, 0.6) is 0 Å². The van der Waals surface area contributed by atoms with Gasteiger partial charge < -0.3 is 0 Å². The molecule has 3 aromatic rings. The van der Waals surface area contributed by atoms with E-state index in [1.54, 1.807) is 11.4 Å². The van der Waals surface area contributed by atoms with E-state index in [2.05, 4.69) is 36.0 Å². The van der Waals surface area contributed by atoms with Gasteiger partial charge in [-0.15, -0.1) is 16.4 Å². The van der Waals surface area contributed by atoms with E-state index in [4.69, 9.17) is 0 Å². The summed E-state index contributed by atoms with van der Waals surface area (Å²) in [4.78, 5) is 16.3. The number of amides is 1. The highest BCUT2D eigenvalue weighted by Gasteiger charge is 2.16. The summed E-state index contributed by atoms with van der Waals surface area (Å²) in [7, 11) is 0. The van der Waals surface area contributed by atoms with E-state index >= 15 is 0 Å². The molecule has 3 rings (SSSR count). The van der Waals surface area contributed by atoms with Crippen LogP contribution in [-0.2, 0) is 0 Å². The van der Waals surface area contributed by atoms with Crippen molar-refractivity contribution in [2.45, 2.75) is 0 Å². The zero-order chi connectivity index (χ0) is 12.4. The SMILES string of the molecule is O=C(Nc1ncn[nH]1)c1sccc1-n1cnnn1. The van der Waals surface area contributed by atoms with Crippen molar-refractivity contribution in [2.75, 3.05) is 5.32 Å². The third-order valence-electron chi connectivity index (χ3n) is 2.09. The van der Waals surface area contributed by atoms with E-state index in [1.165, 1.54) is 28.7 Å². The molecule has 0 aliphatic rings. The standard InChI is InChI=1S/C8H6N8OS/c17-7(12-8-9-3-10-13-8)6-5(1-2-18-6)16-4-11-14-15-16/h1-4H,(H2,9,10,12,13,17). The zero-order valence-electron chi connectivity index (χ0n) is 8.81. The largest absolute Gasteiger partial charge is 0.290 e. The average molecular weight is 262 g/mol. The molecule has 2 N–H and O–H groups in total. The predicted molar refractivity (Wildman–Crippen MR) is 61.4 cm³/mol. The molecule has 0 aliphatic carbocycles. The summed E-state index contributed by atoms with van der Waals surface area (Å²) < 4.78 is 1.42. The lowest BCUT2D eigenvalue weighted by molar-refractivity contribution is 0.102. The summed E-state index contributed by atoms with van der Waals surface area (Å²) in [6.07, 6.45) is 2.74. The molecule has 0 saturated heterocycles. The van der Waals surface area contributed by atoms with Crippen LogP contribution in [0.3, 0.4) is 0 Å². The Labute approximate surface area is 104 Å². The molecular weight excluding hydrogens is 256 g/mol. The Bertz CT molecular complexity index is 643. The molecule has 90 valence electrons. The number of carbonyl (C=O) groups excluding carboxylic acids is 1. The number of hydrogen-bond donors (Lipinski definition) is 2. The van der Waals surface area contributed by atoms with Gasteiger partial charge in [0.1, 0.15) is 17.5 Å². The van der Waals surface area contributed by atoms with Gasteiger partial charge in [0.15, 0.2) is 0 Å². The molecule has 0 bridgehead atoms. The normalized spacial score (nSPS) is 10.4. The maximum absolute atomic E-state index is 12.0. The van der Waals surface area contributed by atoms with E-state index in [1.807, 2.05) is 0 Å².